The van der Waals surface area contributed by atoms with E-state index in [0.29, 0.717) is 24.2 Å². The zero-order valence-corrected chi connectivity index (χ0v) is 21.1. The molecule has 0 aromatic heterocycles. The van der Waals surface area contributed by atoms with Crippen LogP contribution in [0.25, 0.3) is 6.08 Å². The highest BCUT2D eigenvalue weighted by Crippen LogP contribution is 2.32. The molecule has 1 unspecified atom stereocenters. The predicted octanol–water partition coefficient (Wildman–Crippen LogP) is 4.03. The van der Waals surface area contributed by atoms with Gasteiger partial charge in [0.1, 0.15) is 0 Å². The molecule has 0 aliphatic carbocycles. The lowest BCUT2D eigenvalue weighted by molar-refractivity contribution is -0.157. The average Bonchev–Trinajstić information content (AvgIpc) is 3.22. The zero-order chi connectivity index (χ0) is 25.0. The molecule has 8 heteroatoms. The third-order valence-electron chi connectivity index (χ3n) is 5.73. The highest BCUT2D eigenvalue weighted by Gasteiger charge is 2.30. The molecule has 0 spiro atoms. The zero-order valence-electron chi connectivity index (χ0n) is 20.3. The fourth-order valence-electron chi connectivity index (χ4n) is 4.18. The van der Waals surface area contributed by atoms with E-state index in [9.17, 15) is 18.0 Å². The van der Waals surface area contributed by atoms with Gasteiger partial charge >= 0.3 is 5.97 Å². The van der Waals surface area contributed by atoms with E-state index < -0.39 is 22.1 Å². The van der Waals surface area contributed by atoms with E-state index >= 15 is 0 Å². The maximum atomic E-state index is 13.1. The van der Waals surface area contributed by atoms with Crippen LogP contribution in [0.5, 0.6) is 0 Å². The molecule has 34 heavy (non-hydrogen) atoms. The van der Waals surface area contributed by atoms with Crippen LogP contribution in [0.4, 0.5) is 5.69 Å². The molecule has 0 fully saturated rings. The third-order valence-corrected chi connectivity index (χ3v) is 7.56. The number of anilines is 1. The summed E-state index contributed by atoms with van der Waals surface area (Å²) in [7, 11) is -3.67. The summed E-state index contributed by atoms with van der Waals surface area (Å²) in [6.07, 6.45) is 2.55. The van der Waals surface area contributed by atoms with E-state index in [1.807, 2.05) is 52.0 Å². The average molecular weight is 485 g/mol. The smallest absolute Gasteiger partial charge is 0.331 e. The molecule has 0 radical (unpaired) electrons. The number of sulfonamides is 1. The van der Waals surface area contributed by atoms with Crippen LogP contribution in [0.1, 0.15) is 45.7 Å². The topological polar surface area (TPSA) is 84.0 Å². The fraction of sp³-hybridized carbons (Fsp3) is 0.385. The Kier molecular flexibility index (Phi) is 7.82. The highest BCUT2D eigenvalue weighted by molar-refractivity contribution is 7.92. The first-order valence-corrected chi connectivity index (χ1v) is 12.9. The molecular formula is C26H32N2O5S. The Morgan fingerprint density at radius 3 is 2.21 bits per heavy atom. The molecule has 2 aromatic carbocycles. The van der Waals surface area contributed by atoms with Crippen LogP contribution in [0.2, 0.25) is 0 Å². The van der Waals surface area contributed by atoms with Crippen LogP contribution in [0.15, 0.2) is 59.5 Å². The third kappa shape index (κ3) is 5.50. The van der Waals surface area contributed by atoms with Crippen LogP contribution in [-0.2, 0) is 30.8 Å². The normalized spacial score (nSPS) is 14.5. The first kappa shape index (κ1) is 25.5. The minimum Gasteiger partial charge on any atom is -0.449 e. The molecule has 182 valence electrons. The summed E-state index contributed by atoms with van der Waals surface area (Å²) in [5.41, 5.74) is 2.37. The van der Waals surface area contributed by atoms with Crippen molar-refractivity contribution in [2.24, 2.45) is 0 Å². The number of hydrogen-bond donors (Lipinski definition) is 0. The van der Waals surface area contributed by atoms with Gasteiger partial charge in [-0.3, -0.25) is 9.10 Å². The molecule has 1 aliphatic heterocycles. The number of para-hydroxylation sites is 1. The van der Waals surface area contributed by atoms with Crippen LogP contribution >= 0.6 is 0 Å². The summed E-state index contributed by atoms with van der Waals surface area (Å²) in [6, 6.07) is 13.8. The molecular weight excluding hydrogens is 452 g/mol. The van der Waals surface area contributed by atoms with Crippen molar-refractivity contribution in [2.45, 2.75) is 64.1 Å². The number of rotatable bonds is 8. The standard InChI is InChI=1S/C26H32N2O5S/c1-18(2)28(19(3)4)26(30)20(5)33-25(29)15-12-21-10-13-23(14-11-21)34(31,32)27-17-16-22-8-6-7-9-24(22)27/h6-15,18-20H,16-17H2,1-5H3/b15-12+. The largest absolute Gasteiger partial charge is 0.449 e. The van der Waals surface area contributed by atoms with Crippen molar-refractivity contribution in [3.8, 4) is 0 Å². The van der Waals surface area contributed by atoms with Gasteiger partial charge in [0.15, 0.2) is 6.10 Å². The van der Waals surface area contributed by atoms with E-state index in [1.165, 1.54) is 28.6 Å². The van der Waals surface area contributed by atoms with Crippen molar-refractivity contribution in [3.63, 3.8) is 0 Å². The van der Waals surface area contributed by atoms with Crippen molar-refractivity contribution >= 4 is 33.7 Å². The Balaban J connectivity index is 1.65. The maximum absolute atomic E-state index is 13.1. The van der Waals surface area contributed by atoms with Crippen molar-refractivity contribution < 1.29 is 22.7 Å². The van der Waals surface area contributed by atoms with Crippen LogP contribution < -0.4 is 4.31 Å². The molecule has 0 saturated heterocycles. The van der Waals surface area contributed by atoms with E-state index in [2.05, 4.69) is 0 Å². The van der Waals surface area contributed by atoms with Gasteiger partial charge in [0.25, 0.3) is 15.9 Å². The number of carbonyl (C=O) groups is 2. The van der Waals surface area contributed by atoms with Crippen LogP contribution in [0.3, 0.4) is 0 Å². The maximum Gasteiger partial charge on any atom is 0.331 e. The van der Waals surface area contributed by atoms with Gasteiger partial charge in [-0.15, -0.1) is 0 Å². The second kappa shape index (κ2) is 10.4. The number of fused-ring (bicyclic) bond motifs is 1. The lowest BCUT2D eigenvalue weighted by Crippen LogP contribution is -2.47. The number of hydrogen-bond acceptors (Lipinski definition) is 5. The summed E-state index contributed by atoms with van der Waals surface area (Å²) >= 11 is 0. The highest BCUT2D eigenvalue weighted by atomic mass is 32.2. The molecule has 0 N–H and O–H groups in total. The van der Waals surface area contributed by atoms with Gasteiger partial charge in [0, 0.05) is 24.7 Å². The predicted molar refractivity (Wildman–Crippen MR) is 133 cm³/mol. The molecule has 7 nitrogen and oxygen atoms in total. The van der Waals surface area contributed by atoms with Crippen molar-refractivity contribution in [3.05, 3.63) is 65.7 Å². The second-order valence-electron chi connectivity index (χ2n) is 8.87. The summed E-state index contributed by atoms with van der Waals surface area (Å²) in [6.45, 7) is 9.63. The number of esters is 1. The first-order valence-electron chi connectivity index (χ1n) is 11.4. The first-order chi connectivity index (χ1) is 16.0. The molecule has 0 bridgehead atoms. The molecule has 1 amide bonds. The van der Waals surface area contributed by atoms with E-state index in [0.717, 1.165) is 5.56 Å². The van der Waals surface area contributed by atoms with Crippen molar-refractivity contribution in [1.82, 2.24) is 4.90 Å². The number of ether oxygens (including phenoxy) is 1. The molecule has 1 heterocycles. The van der Waals surface area contributed by atoms with Gasteiger partial charge < -0.3 is 9.64 Å². The van der Waals surface area contributed by atoms with E-state index in [4.69, 9.17) is 4.74 Å². The Morgan fingerprint density at radius 1 is 0.971 bits per heavy atom. The lowest BCUT2D eigenvalue weighted by atomic mass is 10.2. The van der Waals surface area contributed by atoms with Gasteiger partial charge in [-0.1, -0.05) is 30.3 Å². The van der Waals surface area contributed by atoms with Gasteiger partial charge in [0.05, 0.1) is 10.6 Å². The van der Waals surface area contributed by atoms with Gasteiger partial charge in [-0.05, 0) is 76.4 Å². The SMILES string of the molecule is CC(OC(=O)/C=C/c1ccc(S(=O)(=O)N2CCc3ccccc32)cc1)C(=O)N(C(C)C)C(C)C. The van der Waals surface area contributed by atoms with Gasteiger partial charge in [-0.2, -0.15) is 0 Å². The number of nitrogens with zero attached hydrogens (tertiary/aromatic N) is 2. The molecule has 2 aromatic rings. The lowest BCUT2D eigenvalue weighted by Gasteiger charge is -2.32. The second-order valence-corrected chi connectivity index (χ2v) is 10.7. The quantitative estimate of drug-likeness (QED) is 0.417. The Labute approximate surface area is 202 Å². The van der Waals surface area contributed by atoms with E-state index in [1.54, 1.807) is 24.0 Å². The monoisotopic (exact) mass is 484 g/mol. The number of amides is 1. The van der Waals surface area contributed by atoms with Crippen molar-refractivity contribution in [2.75, 3.05) is 10.8 Å². The summed E-state index contributed by atoms with van der Waals surface area (Å²) in [5, 5.41) is 0. The summed E-state index contributed by atoms with van der Waals surface area (Å²) in [4.78, 5) is 26.7. The minimum absolute atomic E-state index is 0.00646. The molecule has 1 atom stereocenters. The fourth-order valence-corrected chi connectivity index (χ4v) is 5.68. The minimum atomic E-state index is -3.67. The Bertz CT molecular complexity index is 1160. The number of benzene rings is 2. The van der Waals surface area contributed by atoms with E-state index in [-0.39, 0.29) is 22.9 Å². The molecule has 3 rings (SSSR count). The summed E-state index contributed by atoms with van der Waals surface area (Å²) < 4.78 is 32.9. The van der Waals surface area contributed by atoms with Gasteiger partial charge in [0.2, 0.25) is 0 Å². The number of carbonyl (C=O) groups excluding carboxylic acids is 2. The molecule has 0 saturated carbocycles. The van der Waals surface area contributed by atoms with Crippen LogP contribution in [0, 0.1) is 0 Å². The summed E-state index contributed by atoms with van der Waals surface area (Å²) in [5.74, 6) is -0.886. The Morgan fingerprint density at radius 2 is 1.59 bits per heavy atom. The van der Waals surface area contributed by atoms with Gasteiger partial charge in [-0.25, -0.2) is 13.2 Å². The molecule has 1 aliphatic rings. The van der Waals surface area contributed by atoms with Crippen molar-refractivity contribution in [1.29, 1.82) is 0 Å². The Hall–Kier alpha value is -3.13. The van der Waals surface area contributed by atoms with Crippen LogP contribution in [-0.4, -0.2) is 49.9 Å².